The summed E-state index contributed by atoms with van der Waals surface area (Å²) >= 11 is 0. The maximum absolute atomic E-state index is 13.9. The highest BCUT2D eigenvalue weighted by Gasteiger charge is 2.70. The van der Waals surface area contributed by atoms with E-state index in [9.17, 15) is 29.2 Å². The van der Waals surface area contributed by atoms with Crippen molar-refractivity contribution < 1.29 is 29.2 Å². The van der Waals surface area contributed by atoms with Crippen LogP contribution in [0.5, 0.6) is 0 Å². The van der Waals surface area contributed by atoms with Gasteiger partial charge in [0.1, 0.15) is 12.1 Å². The molecule has 1 unspecified atom stereocenters. The molecule has 3 saturated carbocycles. The minimum atomic E-state index is -1.09. The fourth-order valence-electron chi connectivity index (χ4n) is 6.01. The molecule has 4 aliphatic rings. The third-order valence-electron chi connectivity index (χ3n) is 8.90. The minimum absolute atomic E-state index is 0.0708. The quantitative estimate of drug-likeness (QED) is 0.110. The summed E-state index contributed by atoms with van der Waals surface area (Å²) in [4.78, 5) is 66.0. The summed E-state index contributed by atoms with van der Waals surface area (Å²) < 4.78 is 0. The van der Waals surface area contributed by atoms with Crippen LogP contribution >= 0.6 is 0 Å². The summed E-state index contributed by atoms with van der Waals surface area (Å²) in [5, 5.41) is 20.6. The monoisotopic (exact) mass is 546 g/mol. The molecule has 4 fully saturated rings. The van der Waals surface area contributed by atoms with Gasteiger partial charge in [-0.3, -0.25) is 19.2 Å². The van der Waals surface area contributed by atoms with Crippen LogP contribution in [0.3, 0.4) is 0 Å². The summed E-state index contributed by atoms with van der Waals surface area (Å²) in [6.07, 6.45) is 4.03. The second-order valence-electron chi connectivity index (χ2n) is 13.3. The molecular formula is C27H42N6O6. The van der Waals surface area contributed by atoms with Gasteiger partial charge in [0.2, 0.25) is 17.6 Å². The molecule has 1 saturated heterocycles. The number of hydrogen-bond acceptors (Lipinski definition) is 7. The number of rotatable bonds is 11. The van der Waals surface area contributed by atoms with Crippen molar-refractivity contribution in [2.24, 2.45) is 45.4 Å². The summed E-state index contributed by atoms with van der Waals surface area (Å²) in [5.74, 6) is -2.38. The van der Waals surface area contributed by atoms with Crippen LogP contribution in [-0.4, -0.2) is 76.6 Å². The number of ketones is 1. The fraction of sp³-hybridized carbons (Fsp3) is 0.778. The number of carbonyl (C=O) groups is 5. The van der Waals surface area contributed by atoms with Crippen LogP contribution in [0.2, 0.25) is 0 Å². The Morgan fingerprint density at radius 3 is 2.23 bits per heavy atom. The van der Waals surface area contributed by atoms with Gasteiger partial charge in [-0.15, -0.1) is 0 Å². The largest absolute Gasteiger partial charge is 0.411 e. The van der Waals surface area contributed by atoms with Crippen LogP contribution < -0.4 is 21.7 Å². The van der Waals surface area contributed by atoms with E-state index in [2.05, 4.69) is 21.1 Å². The number of nitrogens with one attached hydrogen (secondary N) is 3. The first kappa shape index (κ1) is 28.8. The summed E-state index contributed by atoms with van der Waals surface area (Å²) in [5.41, 5.74) is 4.90. The van der Waals surface area contributed by atoms with Crippen molar-refractivity contribution in [1.29, 1.82) is 0 Å². The number of urea groups is 1. The Kier molecular flexibility index (Phi) is 7.70. The first-order valence-electron chi connectivity index (χ1n) is 13.9. The molecule has 1 aliphatic heterocycles. The summed E-state index contributed by atoms with van der Waals surface area (Å²) in [6.45, 7) is 10.0. The van der Waals surface area contributed by atoms with E-state index in [-0.39, 0.29) is 41.5 Å². The molecule has 5 atom stereocenters. The van der Waals surface area contributed by atoms with Crippen molar-refractivity contribution >= 4 is 35.2 Å². The van der Waals surface area contributed by atoms with E-state index in [1.807, 2.05) is 34.6 Å². The molecule has 1 heterocycles. The maximum Gasteiger partial charge on any atom is 0.315 e. The number of likely N-dealkylation sites (tertiary alicyclic amines) is 1. The van der Waals surface area contributed by atoms with Gasteiger partial charge in [-0.2, -0.15) is 0 Å². The zero-order valence-corrected chi connectivity index (χ0v) is 23.5. The van der Waals surface area contributed by atoms with Crippen LogP contribution in [0, 0.1) is 34.5 Å². The number of piperidine rings is 1. The zero-order chi connectivity index (χ0) is 28.9. The van der Waals surface area contributed by atoms with Crippen molar-refractivity contribution in [3.8, 4) is 0 Å². The molecule has 3 aliphatic carbocycles. The maximum atomic E-state index is 13.9. The molecular weight excluding hydrogens is 504 g/mol. The van der Waals surface area contributed by atoms with E-state index in [0.717, 1.165) is 25.7 Å². The van der Waals surface area contributed by atoms with Crippen molar-refractivity contribution in [2.45, 2.75) is 84.8 Å². The molecule has 0 bridgehead atoms. The molecule has 0 spiro atoms. The number of carbonyl (C=O) groups excluding carboxylic acids is 5. The minimum Gasteiger partial charge on any atom is -0.411 e. The second kappa shape index (κ2) is 10.4. The van der Waals surface area contributed by atoms with E-state index in [1.54, 1.807) is 0 Å². The second-order valence-corrected chi connectivity index (χ2v) is 13.3. The molecule has 0 radical (unpaired) electrons. The lowest BCUT2D eigenvalue weighted by Crippen LogP contribution is -2.61. The Morgan fingerprint density at radius 1 is 1.08 bits per heavy atom. The number of hydrogen-bond donors (Lipinski definition) is 5. The highest BCUT2D eigenvalue weighted by molar-refractivity contribution is 6.37. The Hall–Kier alpha value is -3.18. The molecule has 4 rings (SSSR count). The smallest absolute Gasteiger partial charge is 0.315 e. The number of oxime groups is 1. The predicted octanol–water partition coefficient (Wildman–Crippen LogP) is 0.763. The van der Waals surface area contributed by atoms with Gasteiger partial charge in [-0.25, -0.2) is 4.79 Å². The van der Waals surface area contributed by atoms with Gasteiger partial charge in [-0.05, 0) is 47.8 Å². The lowest BCUT2D eigenvalue weighted by atomic mass is 9.85. The molecule has 12 heteroatoms. The first-order valence-corrected chi connectivity index (χ1v) is 13.9. The SMILES string of the molecule is CC(C)(C)[C@H](NC(=O)NC/C(=N/O)C1CC1)C(=O)N1C[C@H]2[C@@H]([C@H]1C(=O)NC(CC1CC1)C(=O)C(N)=O)C2(C)C. The third-order valence-corrected chi connectivity index (χ3v) is 8.90. The molecule has 39 heavy (non-hydrogen) atoms. The van der Waals surface area contributed by atoms with Crippen LogP contribution in [-0.2, 0) is 19.2 Å². The van der Waals surface area contributed by atoms with Crippen LogP contribution in [0.15, 0.2) is 5.16 Å². The number of primary amides is 1. The normalized spacial score (nSPS) is 27.2. The molecule has 216 valence electrons. The third kappa shape index (κ3) is 6.19. The van der Waals surface area contributed by atoms with Gasteiger partial charge in [0, 0.05) is 12.5 Å². The van der Waals surface area contributed by atoms with Crippen molar-refractivity contribution in [3.05, 3.63) is 0 Å². The van der Waals surface area contributed by atoms with Gasteiger partial charge in [0.15, 0.2) is 0 Å². The van der Waals surface area contributed by atoms with Crippen LogP contribution in [0.4, 0.5) is 4.79 Å². The number of fused-ring (bicyclic) bond motifs is 1. The molecule has 5 amide bonds. The van der Waals surface area contributed by atoms with Crippen LogP contribution in [0.25, 0.3) is 0 Å². The molecule has 0 aromatic heterocycles. The van der Waals surface area contributed by atoms with E-state index in [4.69, 9.17) is 5.73 Å². The average molecular weight is 547 g/mol. The standard InChI is InChI=1S/C27H42N6O6/c1-26(2,3)21(31-25(38)29-11-17(32-39)14-8-9-14)24(37)33-12-15-18(27(15,4)5)19(33)23(36)30-16(10-13-6-7-13)20(34)22(28)35/h13-16,18-19,21,39H,6-12H2,1-5H3,(H2,28,35)(H,30,36)(H2,29,31,38)/b32-17-/t15-,16?,18-,19-,21+/m0/s1. The Morgan fingerprint density at radius 2 is 1.72 bits per heavy atom. The fourth-order valence-corrected chi connectivity index (χ4v) is 6.01. The van der Waals surface area contributed by atoms with Gasteiger partial charge in [-0.1, -0.05) is 52.6 Å². The van der Waals surface area contributed by atoms with Gasteiger partial charge < -0.3 is 31.8 Å². The van der Waals surface area contributed by atoms with E-state index in [1.165, 1.54) is 4.90 Å². The first-order chi connectivity index (χ1) is 18.2. The number of Topliss-reactive ketones (excluding diaryl/α,β-unsaturated/α-hetero) is 1. The van der Waals surface area contributed by atoms with Crippen molar-refractivity contribution in [3.63, 3.8) is 0 Å². The number of nitrogens with zero attached hydrogens (tertiary/aromatic N) is 2. The van der Waals surface area contributed by atoms with Gasteiger partial charge >= 0.3 is 6.03 Å². The van der Waals surface area contributed by atoms with Crippen molar-refractivity contribution in [2.75, 3.05) is 13.1 Å². The van der Waals surface area contributed by atoms with E-state index >= 15 is 0 Å². The lowest BCUT2D eigenvalue weighted by molar-refractivity contribution is -0.145. The van der Waals surface area contributed by atoms with E-state index in [0.29, 0.717) is 18.7 Å². The Balaban J connectivity index is 1.49. The highest BCUT2D eigenvalue weighted by atomic mass is 16.4. The number of amides is 5. The average Bonchev–Trinajstić information content (AvgIpc) is 3.79. The predicted molar refractivity (Wildman–Crippen MR) is 141 cm³/mol. The molecule has 12 nitrogen and oxygen atoms in total. The molecule has 0 aromatic rings. The zero-order valence-electron chi connectivity index (χ0n) is 23.5. The topological polar surface area (TPSA) is 183 Å². The van der Waals surface area contributed by atoms with E-state index < -0.39 is 47.2 Å². The Bertz CT molecular complexity index is 1070. The van der Waals surface area contributed by atoms with Crippen molar-refractivity contribution in [1.82, 2.24) is 20.9 Å². The molecule has 6 N–H and O–H groups in total. The van der Waals surface area contributed by atoms with Crippen LogP contribution in [0.1, 0.15) is 66.7 Å². The lowest BCUT2D eigenvalue weighted by Gasteiger charge is -2.38. The summed E-state index contributed by atoms with van der Waals surface area (Å²) in [7, 11) is 0. The highest BCUT2D eigenvalue weighted by Crippen LogP contribution is 2.65. The van der Waals surface area contributed by atoms with Gasteiger partial charge in [0.25, 0.3) is 5.91 Å². The van der Waals surface area contributed by atoms with Gasteiger partial charge in [0.05, 0.1) is 18.3 Å². The number of nitrogens with two attached hydrogens (primary N) is 1. The summed E-state index contributed by atoms with van der Waals surface area (Å²) in [6, 6.07) is -3.38. The molecule has 0 aromatic carbocycles. The Labute approximate surface area is 228 Å².